The number of thioether (sulfide) groups is 1. The van der Waals surface area contributed by atoms with E-state index in [1.807, 2.05) is 49.6 Å². The molecule has 0 radical (unpaired) electrons. The van der Waals surface area contributed by atoms with Gasteiger partial charge in [-0.3, -0.25) is 4.79 Å². The molecule has 3 rings (SSSR count). The monoisotopic (exact) mass is 488 g/mol. The van der Waals surface area contributed by atoms with E-state index in [1.54, 1.807) is 14.0 Å². The molecule has 10 heteroatoms. The number of ether oxygens (including phenoxy) is 2. The molecule has 0 unspecified atom stereocenters. The number of nitrogens with one attached hydrogen (secondary N) is 1. The summed E-state index contributed by atoms with van der Waals surface area (Å²) >= 11 is 2.71. The maximum absolute atomic E-state index is 12.7. The molecule has 176 valence electrons. The molecule has 0 spiro atoms. The van der Waals surface area contributed by atoms with Gasteiger partial charge in [0.25, 0.3) is 0 Å². The third kappa shape index (κ3) is 5.39. The molecule has 0 aliphatic carbocycles. The second kappa shape index (κ2) is 11.3. The maximum atomic E-state index is 12.7. The first-order valence-corrected chi connectivity index (χ1v) is 12.5. The summed E-state index contributed by atoms with van der Waals surface area (Å²) in [6, 6.07) is 7.62. The van der Waals surface area contributed by atoms with Gasteiger partial charge in [0.1, 0.15) is 10.8 Å². The van der Waals surface area contributed by atoms with Gasteiger partial charge in [0.05, 0.1) is 30.6 Å². The van der Waals surface area contributed by atoms with E-state index in [-0.39, 0.29) is 18.3 Å². The highest BCUT2D eigenvalue weighted by Crippen LogP contribution is 2.35. The first-order valence-electron chi connectivity index (χ1n) is 10.7. The fourth-order valence-corrected chi connectivity index (χ4v) is 5.39. The molecule has 0 bridgehead atoms. The number of thiophene rings is 1. The van der Waals surface area contributed by atoms with E-state index in [1.165, 1.54) is 23.1 Å². The zero-order valence-electron chi connectivity index (χ0n) is 19.4. The molecule has 33 heavy (non-hydrogen) atoms. The minimum absolute atomic E-state index is 0.130. The SMILES string of the molecule is CCOC(=O)c1c(NC(=O)CSc2nnc(-c3ccccc3OC)n2CC)sc(CC)c1C. The van der Waals surface area contributed by atoms with Gasteiger partial charge < -0.3 is 19.4 Å². The van der Waals surface area contributed by atoms with Crippen LogP contribution in [-0.2, 0) is 22.5 Å². The molecular weight excluding hydrogens is 460 g/mol. The highest BCUT2D eigenvalue weighted by atomic mass is 32.2. The van der Waals surface area contributed by atoms with Gasteiger partial charge >= 0.3 is 5.97 Å². The number of amides is 1. The summed E-state index contributed by atoms with van der Waals surface area (Å²) in [5, 5.41) is 12.7. The van der Waals surface area contributed by atoms with Crippen LogP contribution in [0.4, 0.5) is 5.00 Å². The van der Waals surface area contributed by atoms with E-state index < -0.39 is 5.97 Å². The van der Waals surface area contributed by atoms with Crippen molar-refractivity contribution in [3.8, 4) is 17.1 Å². The van der Waals surface area contributed by atoms with Gasteiger partial charge in [-0.2, -0.15) is 0 Å². The number of methoxy groups -OCH3 is 1. The smallest absolute Gasteiger partial charge is 0.341 e. The number of carbonyl (C=O) groups is 2. The number of aromatic nitrogens is 3. The molecule has 8 nitrogen and oxygen atoms in total. The van der Waals surface area contributed by atoms with Crippen LogP contribution in [-0.4, -0.2) is 46.1 Å². The molecule has 1 amide bonds. The lowest BCUT2D eigenvalue weighted by atomic mass is 10.1. The average Bonchev–Trinajstić information content (AvgIpc) is 3.37. The van der Waals surface area contributed by atoms with Gasteiger partial charge in [0.2, 0.25) is 5.91 Å². The molecule has 2 heterocycles. The zero-order valence-corrected chi connectivity index (χ0v) is 21.1. The number of carbonyl (C=O) groups excluding carboxylic acids is 2. The van der Waals surface area contributed by atoms with E-state index in [0.29, 0.717) is 33.8 Å². The molecular formula is C23H28N4O4S2. The molecule has 0 saturated carbocycles. The molecule has 3 aromatic rings. The van der Waals surface area contributed by atoms with Crippen LogP contribution in [0.2, 0.25) is 0 Å². The van der Waals surface area contributed by atoms with Gasteiger partial charge in [-0.1, -0.05) is 30.8 Å². The summed E-state index contributed by atoms with van der Waals surface area (Å²) in [6.45, 7) is 8.58. The first kappa shape index (κ1) is 24.8. The van der Waals surface area contributed by atoms with Gasteiger partial charge in [0, 0.05) is 11.4 Å². The summed E-state index contributed by atoms with van der Waals surface area (Å²) in [7, 11) is 1.62. The van der Waals surface area contributed by atoms with Crippen molar-refractivity contribution in [2.45, 2.75) is 45.8 Å². The van der Waals surface area contributed by atoms with E-state index in [4.69, 9.17) is 9.47 Å². The number of anilines is 1. The fraction of sp³-hybridized carbons (Fsp3) is 0.391. The number of nitrogens with zero attached hydrogens (tertiary/aromatic N) is 3. The Morgan fingerprint density at radius 1 is 1.18 bits per heavy atom. The van der Waals surface area contributed by atoms with Crippen molar-refractivity contribution in [2.24, 2.45) is 0 Å². The van der Waals surface area contributed by atoms with E-state index in [0.717, 1.165) is 22.4 Å². The summed E-state index contributed by atoms with van der Waals surface area (Å²) in [5.74, 6) is 0.884. The number of benzene rings is 1. The van der Waals surface area contributed by atoms with Crippen LogP contribution in [0, 0.1) is 6.92 Å². The number of hydrogen-bond donors (Lipinski definition) is 1. The summed E-state index contributed by atoms with van der Waals surface area (Å²) in [5.41, 5.74) is 2.13. The second-order valence-electron chi connectivity index (χ2n) is 7.02. The highest BCUT2D eigenvalue weighted by Gasteiger charge is 2.23. The Balaban J connectivity index is 1.76. The molecule has 0 atom stereocenters. The lowest BCUT2D eigenvalue weighted by Gasteiger charge is -2.10. The highest BCUT2D eigenvalue weighted by molar-refractivity contribution is 7.99. The minimum atomic E-state index is -0.416. The molecule has 1 N–H and O–H groups in total. The second-order valence-corrected chi connectivity index (χ2v) is 9.06. The van der Waals surface area contributed by atoms with Crippen LogP contribution in [0.5, 0.6) is 5.75 Å². The van der Waals surface area contributed by atoms with Crippen LogP contribution in [0.25, 0.3) is 11.4 Å². The Morgan fingerprint density at radius 3 is 2.61 bits per heavy atom. The number of esters is 1. The van der Waals surface area contributed by atoms with E-state index >= 15 is 0 Å². The van der Waals surface area contributed by atoms with Crippen LogP contribution < -0.4 is 10.1 Å². The average molecular weight is 489 g/mol. The third-order valence-corrected chi connectivity index (χ3v) is 7.33. The number of rotatable bonds is 10. The van der Waals surface area contributed by atoms with Crippen LogP contribution in [0.15, 0.2) is 29.4 Å². The predicted molar refractivity (Wildman–Crippen MR) is 131 cm³/mol. The summed E-state index contributed by atoms with van der Waals surface area (Å²) < 4.78 is 12.6. The van der Waals surface area contributed by atoms with Crippen LogP contribution >= 0.6 is 23.1 Å². The van der Waals surface area contributed by atoms with Gasteiger partial charge in [0.15, 0.2) is 11.0 Å². The Morgan fingerprint density at radius 2 is 1.94 bits per heavy atom. The Labute approximate surface area is 201 Å². The van der Waals surface area contributed by atoms with Crippen molar-refractivity contribution in [2.75, 3.05) is 24.8 Å². The summed E-state index contributed by atoms with van der Waals surface area (Å²) in [6.07, 6.45) is 0.777. The first-order chi connectivity index (χ1) is 15.9. The third-order valence-electron chi connectivity index (χ3n) is 5.01. The van der Waals surface area contributed by atoms with Crippen molar-refractivity contribution < 1.29 is 19.1 Å². The normalized spacial score (nSPS) is 10.8. The molecule has 2 aromatic heterocycles. The molecule has 0 fully saturated rings. The molecule has 1 aromatic carbocycles. The lowest BCUT2D eigenvalue weighted by molar-refractivity contribution is -0.113. The quantitative estimate of drug-likeness (QED) is 0.323. The van der Waals surface area contributed by atoms with Crippen LogP contribution in [0.1, 0.15) is 41.6 Å². The minimum Gasteiger partial charge on any atom is -0.496 e. The van der Waals surface area contributed by atoms with E-state index in [2.05, 4.69) is 15.5 Å². The fourth-order valence-electron chi connectivity index (χ4n) is 3.44. The van der Waals surface area contributed by atoms with Gasteiger partial charge in [-0.05, 0) is 44.9 Å². The van der Waals surface area contributed by atoms with Crippen LogP contribution in [0.3, 0.4) is 0 Å². The summed E-state index contributed by atoms with van der Waals surface area (Å²) in [4.78, 5) is 26.2. The Kier molecular flexibility index (Phi) is 8.51. The molecule has 0 aliphatic rings. The topological polar surface area (TPSA) is 95.3 Å². The number of para-hydroxylation sites is 1. The Hall–Kier alpha value is -2.85. The van der Waals surface area contributed by atoms with Gasteiger partial charge in [-0.25, -0.2) is 4.79 Å². The number of aryl methyl sites for hydroxylation is 1. The van der Waals surface area contributed by atoms with Crippen molar-refractivity contribution >= 4 is 40.0 Å². The Bertz CT molecular complexity index is 1140. The number of hydrogen-bond acceptors (Lipinski definition) is 8. The lowest BCUT2D eigenvalue weighted by Crippen LogP contribution is -2.17. The van der Waals surface area contributed by atoms with Crippen molar-refractivity contribution in [1.29, 1.82) is 0 Å². The van der Waals surface area contributed by atoms with Gasteiger partial charge in [-0.15, -0.1) is 21.5 Å². The van der Waals surface area contributed by atoms with E-state index in [9.17, 15) is 9.59 Å². The molecule has 0 aliphatic heterocycles. The largest absolute Gasteiger partial charge is 0.496 e. The predicted octanol–water partition coefficient (Wildman–Crippen LogP) is 4.81. The van der Waals surface area contributed by atoms with Crippen molar-refractivity contribution in [3.05, 3.63) is 40.3 Å². The standard InChI is InChI=1S/C23H28N4O4S2/c1-6-17-14(4)19(22(29)31-8-3)21(33-17)24-18(28)13-32-23-26-25-20(27(23)7-2)15-11-9-10-12-16(15)30-5/h9-12H,6-8,13H2,1-5H3,(H,24,28). The molecule has 0 saturated heterocycles. The van der Waals surface area contributed by atoms with Crippen molar-refractivity contribution in [3.63, 3.8) is 0 Å². The van der Waals surface area contributed by atoms with Crippen molar-refractivity contribution in [1.82, 2.24) is 14.8 Å². The zero-order chi connectivity index (χ0) is 24.0. The maximum Gasteiger partial charge on any atom is 0.341 e.